The molecule has 25 heavy (non-hydrogen) atoms. The van der Waals surface area contributed by atoms with Gasteiger partial charge in [-0.2, -0.15) is 0 Å². The van der Waals surface area contributed by atoms with E-state index in [4.69, 9.17) is 0 Å². The van der Waals surface area contributed by atoms with Gasteiger partial charge < -0.3 is 0 Å². The predicted molar refractivity (Wildman–Crippen MR) is 117 cm³/mol. The molecular formula is C25H52. The van der Waals surface area contributed by atoms with Gasteiger partial charge in [0.05, 0.1) is 0 Å². The third-order valence-electron chi connectivity index (χ3n) is 6.13. The summed E-state index contributed by atoms with van der Waals surface area (Å²) in [6.07, 6.45) is 27.7. The summed E-state index contributed by atoms with van der Waals surface area (Å²) in [5, 5.41) is 0. The van der Waals surface area contributed by atoms with Crippen LogP contribution in [-0.4, -0.2) is 0 Å². The quantitative estimate of drug-likeness (QED) is 0.191. The fourth-order valence-corrected chi connectivity index (χ4v) is 4.37. The van der Waals surface area contributed by atoms with Gasteiger partial charge in [-0.25, -0.2) is 0 Å². The van der Waals surface area contributed by atoms with Crippen LogP contribution in [0, 0.1) is 11.8 Å². The van der Waals surface area contributed by atoms with E-state index in [2.05, 4.69) is 27.7 Å². The Labute approximate surface area is 161 Å². The Hall–Kier alpha value is 0. The molecule has 0 saturated carbocycles. The molecule has 0 saturated heterocycles. The zero-order valence-electron chi connectivity index (χ0n) is 18.6. The fourth-order valence-electron chi connectivity index (χ4n) is 4.37. The van der Waals surface area contributed by atoms with Crippen molar-refractivity contribution in [3.63, 3.8) is 0 Å². The minimum atomic E-state index is 1.03. The molecule has 0 aromatic carbocycles. The van der Waals surface area contributed by atoms with Crippen LogP contribution >= 0.6 is 0 Å². The highest BCUT2D eigenvalue weighted by atomic mass is 14.3. The van der Waals surface area contributed by atoms with Crippen LogP contribution in [0.2, 0.25) is 0 Å². The van der Waals surface area contributed by atoms with Crippen LogP contribution in [0.15, 0.2) is 0 Å². The minimum Gasteiger partial charge on any atom is -0.0654 e. The van der Waals surface area contributed by atoms with E-state index in [1.807, 2.05) is 0 Å². The highest BCUT2D eigenvalue weighted by Gasteiger charge is 2.20. The molecule has 0 heteroatoms. The maximum atomic E-state index is 2.37. The number of rotatable bonds is 20. The lowest BCUT2D eigenvalue weighted by atomic mass is 9.78. The molecule has 0 aromatic heterocycles. The van der Waals surface area contributed by atoms with E-state index < -0.39 is 0 Å². The van der Waals surface area contributed by atoms with E-state index in [1.54, 1.807) is 0 Å². The third-order valence-corrected chi connectivity index (χ3v) is 6.13. The molecule has 0 aliphatic carbocycles. The van der Waals surface area contributed by atoms with Crippen molar-refractivity contribution < 1.29 is 0 Å². The van der Waals surface area contributed by atoms with Crippen molar-refractivity contribution in [2.75, 3.05) is 0 Å². The van der Waals surface area contributed by atoms with Crippen LogP contribution in [0.4, 0.5) is 0 Å². The monoisotopic (exact) mass is 352 g/mol. The SMILES string of the molecule is CCCCCCCC(CCCCCCC)C(CCCC)CCCCC. The topological polar surface area (TPSA) is 0 Å². The molecule has 1 unspecified atom stereocenters. The zero-order chi connectivity index (χ0) is 18.6. The smallest absolute Gasteiger partial charge is 0.0386 e. The average Bonchev–Trinajstić information content (AvgIpc) is 2.63. The molecule has 152 valence electrons. The summed E-state index contributed by atoms with van der Waals surface area (Å²) in [5.41, 5.74) is 0. The van der Waals surface area contributed by atoms with E-state index in [9.17, 15) is 0 Å². The Balaban J connectivity index is 4.40. The van der Waals surface area contributed by atoms with Crippen LogP contribution in [0.3, 0.4) is 0 Å². The average molecular weight is 353 g/mol. The third kappa shape index (κ3) is 15.9. The van der Waals surface area contributed by atoms with E-state index in [1.165, 1.54) is 122 Å². The molecule has 0 aliphatic heterocycles. The Morgan fingerprint density at radius 3 is 1.00 bits per heavy atom. The van der Waals surface area contributed by atoms with Crippen LogP contribution in [0.1, 0.15) is 150 Å². The summed E-state index contributed by atoms with van der Waals surface area (Å²) in [6, 6.07) is 0. The molecule has 0 rings (SSSR count). The second-order valence-corrected chi connectivity index (χ2v) is 8.56. The number of hydrogen-bond donors (Lipinski definition) is 0. The lowest BCUT2D eigenvalue weighted by molar-refractivity contribution is 0.238. The standard InChI is InChI=1S/C25H52/c1-5-9-13-15-18-22-25(23-19-16-14-10-6-2)24(20-12-8-4)21-17-11-7-3/h24-25H,5-23H2,1-4H3. The van der Waals surface area contributed by atoms with Crippen LogP contribution in [-0.2, 0) is 0 Å². The molecular weight excluding hydrogens is 300 g/mol. The van der Waals surface area contributed by atoms with E-state index in [0.717, 1.165) is 11.8 Å². The molecule has 0 N–H and O–H groups in total. The van der Waals surface area contributed by atoms with Crippen molar-refractivity contribution in [1.29, 1.82) is 0 Å². The summed E-state index contributed by atoms with van der Waals surface area (Å²) >= 11 is 0. The first-order valence-electron chi connectivity index (χ1n) is 12.3. The minimum absolute atomic E-state index is 1.03. The van der Waals surface area contributed by atoms with E-state index in [-0.39, 0.29) is 0 Å². The number of unbranched alkanes of at least 4 members (excludes halogenated alkanes) is 11. The second-order valence-electron chi connectivity index (χ2n) is 8.56. The van der Waals surface area contributed by atoms with Gasteiger partial charge >= 0.3 is 0 Å². The largest absolute Gasteiger partial charge is 0.0654 e. The maximum absolute atomic E-state index is 2.37. The van der Waals surface area contributed by atoms with Gasteiger partial charge in [-0.3, -0.25) is 0 Å². The molecule has 0 amide bonds. The summed E-state index contributed by atoms with van der Waals surface area (Å²) in [7, 11) is 0. The van der Waals surface area contributed by atoms with Gasteiger partial charge in [0, 0.05) is 0 Å². The first kappa shape index (κ1) is 25.0. The second kappa shape index (κ2) is 20.3. The van der Waals surface area contributed by atoms with Crippen molar-refractivity contribution in [3.8, 4) is 0 Å². The molecule has 0 aromatic rings. The van der Waals surface area contributed by atoms with Gasteiger partial charge in [0.2, 0.25) is 0 Å². The summed E-state index contributed by atoms with van der Waals surface area (Å²) in [4.78, 5) is 0. The fraction of sp³-hybridized carbons (Fsp3) is 1.00. The van der Waals surface area contributed by atoms with Gasteiger partial charge in [0.1, 0.15) is 0 Å². The predicted octanol–water partition coefficient (Wildman–Crippen LogP) is 9.71. The lowest BCUT2D eigenvalue weighted by Gasteiger charge is -2.28. The normalized spacial score (nSPS) is 12.8. The Kier molecular flexibility index (Phi) is 20.3. The highest BCUT2D eigenvalue weighted by molar-refractivity contribution is 4.72. The van der Waals surface area contributed by atoms with Crippen molar-refractivity contribution >= 4 is 0 Å². The zero-order valence-corrected chi connectivity index (χ0v) is 18.6. The highest BCUT2D eigenvalue weighted by Crippen LogP contribution is 2.33. The van der Waals surface area contributed by atoms with Crippen LogP contribution in [0.5, 0.6) is 0 Å². The van der Waals surface area contributed by atoms with Gasteiger partial charge in [-0.1, -0.05) is 150 Å². The molecule has 0 heterocycles. The summed E-state index contributed by atoms with van der Waals surface area (Å²) in [6.45, 7) is 9.37. The lowest BCUT2D eigenvalue weighted by Crippen LogP contribution is -2.16. The van der Waals surface area contributed by atoms with E-state index in [0.29, 0.717) is 0 Å². The first-order valence-corrected chi connectivity index (χ1v) is 12.3. The Bertz CT molecular complexity index is 218. The van der Waals surface area contributed by atoms with Crippen molar-refractivity contribution in [2.24, 2.45) is 11.8 Å². The first-order chi connectivity index (χ1) is 12.3. The van der Waals surface area contributed by atoms with Gasteiger partial charge in [-0.15, -0.1) is 0 Å². The van der Waals surface area contributed by atoms with Crippen LogP contribution in [0.25, 0.3) is 0 Å². The molecule has 0 nitrogen and oxygen atoms in total. The summed E-state index contributed by atoms with van der Waals surface area (Å²) < 4.78 is 0. The molecule has 0 fully saturated rings. The molecule has 0 spiro atoms. The Morgan fingerprint density at radius 1 is 0.320 bits per heavy atom. The molecule has 0 radical (unpaired) electrons. The van der Waals surface area contributed by atoms with Crippen molar-refractivity contribution in [2.45, 2.75) is 150 Å². The molecule has 0 aliphatic rings. The number of hydrogen-bond acceptors (Lipinski definition) is 0. The van der Waals surface area contributed by atoms with Gasteiger partial charge in [-0.05, 0) is 11.8 Å². The van der Waals surface area contributed by atoms with Crippen molar-refractivity contribution in [1.82, 2.24) is 0 Å². The molecule has 0 bridgehead atoms. The van der Waals surface area contributed by atoms with Crippen LogP contribution < -0.4 is 0 Å². The maximum Gasteiger partial charge on any atom is -0.0386 e. The summed E-state index contributed by atoms with van der Waals surface area (Å²) in [5.74, 6) is 2.07. The molecule has 1 atom stereocenters. The van der Waals surface area contributed by atoms with Gasteiger partial charge in [0.25, 0.3) is 0 Å². The van der Waals surface area contributed by atoms with Crippen molar-refractivity contribution in [3.05, 3.63) is 0 Å². The van der Waals surface area contributed by atoms with E-state index >= 15 is 0 Å². The van der Waals surface area contributed by atoms with Gasteiger partial charge in [0.15, 0.2) is 0 Å². The Morgan fingerprint density at radius 2 is 0.600 bits per heavy atom.